The van der Waals surface area contributed by atoms with Crippen molar-refractivity contribution >= 4 is 23.6 Å². The number of nitrogens with one attached hydrogen (secondary N) is 3. The molecule has 5 N–H and O–H groups in total. The van der Waals surface area contributed by atoms with Crippen molar-refractivity contribution in [1.82, 2.24) is 46.0 Å². The van der Waals surface area contributed by atoms with Crippen LogP contribution in [0.25, 0.3) is 0 Å². The van der Waals surface area contributed by atoms with E-state index < -0.39 is 48.3 Å². The first kappa shape index (κ1) is 45.4. The second-order valence-corrected chi connectivity index (χ2v) is 15.6. The highest BCUT2D eigenvalue weighted by Gasteiger charge is 2.43. The minimum atomic E-state index is -0.983. The molecular formula is C39H66N10O6. The molecule has 2 aromatic rings. The second-order valence-electron chi connectivity index (χ2n) is 15.6. The summed E-state index contributed by atoms with van der Waals surface area (Å²) in [5.74, 6) is -1.37. The number of carbonyl (C=O) groups is 4. The molecule has 0 aliphatic carbocycles. The van der Waals surface area contributed by atoms with Gasteiger partial charge in [0, 0.05) is 40.3 Å². The number of aromatic amines is 1. The Bertz CT molecular complexity index is 1490. The fourth-order valence-electron chi connectivity index (χ4n) is 7.99. The number of amides is 4. The summed E-state index contributed by atoms with van der Waals surface area (Å²) in [7, 11) is 8.44. The molecule has 1 aliphatic rings. The maximum absolute atomic E-state index is 14.3. The maximum Gasteiger partial charge on any atom is 0.246 e. The zero-order chi connectivity index (χ0) is 41.0. The van der Waals surface area contributed by atoms with Crippen molar-refractivity contribution in [2.45, 2.75) is 122 Å². The van der Waals surface area contributed by atoms with Gasteiger partial charge in [-0.25, -0.2) is 0 Å². The number of methoxy groups -OCH3 is 2. The van der Waals surface area contributed by atoms with Crippen LogP contribution in [0, 0.1) is 17.8 Å². The first-order valence-electron chi connectivity index (χ1n) is 19.5. The molecule has 4 amide bonds. The molecule has 1 saturated heterocycles. The Hall–Kier alpha value is -3.99. The minimum absolute atomic E-state index is 0.00112. The molecule has 10 atom stereocenters. The number of likely N-dealkylation sites (N-methyl/N-ethyl adjacent to an activating group) is 2. The van der Waals surface area contributed by atoms with Crippen LogP contribution in [0.5, 0.6) is 0 Å². The molecule has 0 saturated carbocycles. The Labute approximate surface area is 327 Å². The number of tetrazole rings is 1. The molecule has 2 heterocycles. The smallest absolute Gasteiger partial charge is 0.246 e. The number of carbonyl (C=O) groups excluding carboxylic acids is 4. The van der Waals surface area contributed by atoms with Gasteiger partial charge in [-0.2, -0.15) is 5.21 Å². The van der Waals surface area contributed by atoms with Gasteiger partial charge < -0.3 is 35.6 Å². The summed E-state index contributed by atoms with van der Waals surface area (Å²) in [6.45, 7) is 11.9. The van der Waals surface area contributed by atoms with Crippen LogP contribution in [0.2, 0.25) is 0 Å². The van der Waals surface area contributed by atoms with Gasteiger partial charge in [0.05, 0.1) is 48.7 Å². The van der Waals surface area contributed by atoms with Crippen LogP contribution in [0.3, 0.4) is 0 Å². The zero-order valence-corrected chi connectivity index (χ0v) is 34.7. The predicted molar refractivity (Wildman–Crippen MR) is 209 cm³/mol. The van der Waals surface area contributed by atoms with Crippen LogP contribution >= 0.6 is 0 Å². The van der Waals surface area contributed by atoms with Crippen LogP contribution < -0.4 is 16.4 Å². The summed E-state index contributed by atoms with van der Waals surface area (Å²) in [5, 5.41) is 20.4. The topological polar surface area (TPSA) is 201 Å². The molecule has 0 radical (unpaired) electrons. The molecule has 55 heavy (non-hydrogen) atoms. The average molecular weight is 771 g/mol. The van der Waals surface area contributed by atoms with Gasteiger partial charge in [0.15, 0.2) is 5.82 Å². The molecule has 0 bridgehead atoms. The van der Waals surface area contributed by atoms with Crippen molar-refractivity contribution in [3.8, 4) is 0 Å². The summed E-state index contributed by atoms with van der Waals surface area (Å²) in [6, 6.07) is 6.22. The number of ether oxygens (including phenoxy) is 2. The van der Waals surface area contributed by atoms with Gasteiger partial charge in [-0.3, -0.25) is 24.1 Å². The normalized spacial score (nSPS) is 19.5. The van der Waals surface area contributed by atoms with Crippen LogP contribution in [0.1, 0.15) is 84.7 Å². The largest absolute Gasteiger partial charge is 0.379 e. The van der Waals surface area contributed by atoms with Gasteiger partial charge in [0.1, 0.15) is 6.04 Å². The molecule has 3 rings (SSSR count). The zero-order valence-electron chi connectivity index (χ0n) is 34.7. The summed E-state index contributed by atoms with van der Waals surface area (Å²) < 4.78 is 12.0. The maximum atomic E-state index is 14.3. The van der Waals surface area contributed by atoms with Crippen molar-refractivity contribution in [2.24, 2.45) is 23.5 Å². The third kappa shape index (κ3) is 11.8. The molecule has 1 fully saturated rings. The first-order chi connectivity index (χ1) is 26.1. The number of nitrogens with two attached hydrogens (primary N) is 1. The predicted octanol–water partition coefficient (Wildman–Crippen LogP) is 1.94. The molecule has 16 heteroatoms. The quantitative estimate of drug-likeness (QED) is 0.145. The van der Waals surface area contributed by atoms with Crippen LogP contribution in [0.4, 0.5) is 0 Å². The van der Waals surface area contributed by atoms with Crippen molar-refractivity contribution in [3.05, 3.63) is 41.7 Å². The molecule has 0 spiro atoms. The lowest BCUT2D eigenvalue weighted by atomic mass is 9.89. The number of hydrogen-bond donors (Lipinski definition) is 4. The van der Waals surface area contributed by atoms with E-state index >= 15 is 0 Å². The van der Waals surface area contributed by atoms with E-state index in [1.807, 2.05) is 77.0 Å². The lowest BCUT2D eigenvalue weighted by Crippen LogP contribution is -2.62. The van der Waals surface area contributed by atoms with Crippen LogP contribution in [-0.4, -0.2) is 143 Å². The Morgan fingerprint density at radius 2 is 1.67 bits per heavy atom. The minimum Gasteiger partial charge on any atom is -0.379 e. The van der Waals surface area contributed by atoms with E-state index in [0.29, 0.717) is 31.6 Å². The van der Waals surface area contributed by atoms with Gasteiger partial charge in [-0.15, -0.1) is 10.2 Å². The van der Waals surface area contributed by atoms with E-state index in [1.54, 1.807) is 44.9 Å². The van der Waals surface area contributed by atoms with Crippen molar-refractivity contribution in [3.63, 3.8) is 0 Å². The Balaban J connectivity index is 1.79. The lowest BCUT2D eigenvalue weighted by molar-refractivity contribution is -0.147. The Morgan fingerprint density at radius 3 is 2.20 bits per heavy atom. The van der Waals surface area contributed by atoms with Crippen molar-refractivity contribution in [1.29, 1.82) is 0 Å². The summed E-state index contributed by atoms with van der Waals surface area (Å²) in [6.07, 6.45) is 1.31. The third-order valence-corrected chi connectivity index (χ3v) is 11.1. The van der Waals surface area contributed by atoms with Gasteiger partial charge in [-0.1, -0.05) is 76.6 Å². The molecular weight excluding hydrogens is 704 g/mol. The van der Waals surface area contributed by atoms with E-state index in [2.05, 4.69) is 31.3 Å². The third-order valence-electron chi connectivity index (χ3n) is 11.1. The SMILES string of the molecule is CCC(C)C(C(CC(=O)N1CCCC1C(OC)C(C)C(=O)NC(Cc1ccccc1)c1nn[nH]n1)OC)N(C)C(=O)C(NC(=O)C(C(C)C)N(C)C)C(C)N. The van der Waals surface area contributed by atoms with Crippen molar-refractivity contribution in [2.75, 3.05) is 41.9 Å². The number of hydrogen-bond acceptors (Lipinski definition) is 11. The number of nitrogens with zero attached hydrogens (tertiary/aromatic N) is 6. The number of rotatable bonds is 21. The lowest BCUT2D eigenvalue weighted by Gasteiger charge is -2.41. The first-order valence-corrected chi connectivity index (χ1v) is 19.5. The second kappa shape index (κ2) is 21.3. The van der Waals surface area contributed by atoms with E-state index in [1.165, 1.54) is 0 Å². The van der Waals surface area contributed by atoms with Gasteiger partial charge in [0.2, 0.25) is 23.6 Å². The average Bonchev–Trinajstić information content (AvgIpc) is 3.87. The van der Waals surface area contributed by atoms with Gasteiger partial charge in [-0.05, 0) is 51.3 Å². The monoisotopic (exact) mass is 771 g/mol. The number of benzene rings is 1. The molecule has 10 unspecified atom stereocenters. The highest BCUT2D eigenvalue weighted by molar-refractivity contribution is 5.90. The summed E-state index contributed by atoms with van der Waals surface area (Å²) in [4.78, 5) is 60.9. The van der Waals surface area contributed by atoms with E-state index in [-0.39, 0.29) is 47.9 Å². The molecule has 1 aliphatic heterocycles. The van der Waals surface area contributed by atoms with E-state index in [4.69, 9.17) is 15.2 Å². The number of likely N-dealkylation sites (tertiary alicyclic amines) is 1. The molecule has 16 nitrogen and oxygen atoms in total. The fourth-order valence-corrected chi connectivity index (χ4v) is 7.99. The summed E-state index contributed by atoms with van der Waals surface area (Å²) in [5.41, 5.74) is 7.33. The standard InChI is InChI=1S/C39H66N10O6/c1-12-24(4)34(48(9)39(53)32(26(6)40)42-38(52)33(23(2)3)47(7)8)30(54-10)22-31(50)49-20-16-19-29(49)35(55-11)25(5)37(51)41-28(36-43-45-46-44-36)21-27-17-14-13-15-18-27/h13-15,17-18,23-26,28-30,32-35H,12,16,19-22,40H2,1-11H3,(H,41,51)(H,42,52)(H,43,44,45,46). The molecule has 1 aromatic heterocycles. The number of H-pyrrole nitrogens is 1. The summed E-state index contributed by atoms with van der Waals surface area (Å²) >= 11 is 0. The highest BCUT2D eigenvalue weighted by atomic mass is 16.5. The highest BCUT2D eigenvalue weighted by Crippen LogP contribution is 2.30. The molecule has 1 aromatic carbocycles. The fraction of sp³-hybridized carbons (Fsp3) is 0.718. The molecule has 308 valence electrons. The van der Waals surface area contributed by atoms with Crippen LogP contribution in [0.15, 0.2) is 30.3 Å². The Kier molecular flexibility index (Phi) is 17.6. The Morgan fingerprint density at radius 1 is 1.00 bits per heavy atom. The van der Waals surface area contributed by atoms with Crippen molar-refractivity contribution < 1.29 is 28.7 Å². The van der Waals surface area contributed by atoms with E-state index in [0.717, 1.165) is 12.0 Å². The van der Waals surface area contributed by atoms with Crippen LogP contribution in [-0.2, 0) is 35.1 Å². The van der Waals surface area contributed by atoms with Gasteiger partial charge >= 0.3 is 0 Å². The number of aromatic nitrogens is 4. The van der Waals surface area contributed by atoms with Gasteiger partial charge in [0.25, 0.3) is 0 Å². The van der Waals surface area contributed by atoms with E-state index in [9.17, 15) is 19.2 Å².